The van der Waals surface area contributed by atoms with Gasteiger partial charge in [0.05, 0.1) is 12.7 Å². The van der Waals surface area contributed by atoms with Crippen LogP contribution in [0.4, 0.5) is 0 Å². The van der Waals surface area contributed by atoms with E-state index in [1.165, 1.54) is 0 Å². The second-order valence-corrected chi connectivity index (χ2v) is 7.70. The Labute approximate surface area is 190 Å². The highest BCUT2D eigenvalue weighted by molar-refractivity contribution is 6.41. The lowest BCUT2D eigenvalue weighted by Crippen LogP contribution is -2.33. The maximum Gasteiger partial charge on any atom is 0.255 e. The maximum absolute atomic E-state index is 13.4. The van der Waals surface area contributed by atoms with E-state index < -0.39 is 11.7 Å². The summed E-state index contributed by atoms with van der Waals surface area (Å²) in [5, 5.41) is 4.65. The molecule has 0 saturated carbocycles. The molecule has 0 unspecified atom stereocenters. The minimum absolute atomic E-state index is 0.0259. The standard InChI is InChI=1S/C28H19NO4/c1-33-21-14-12-18(13-15-21)24-25(27(31)23-9-5-4-8-22(23)26(24)30)29-28(32)20-11-10-17-6-2-3-7-19(17)16-20/h2-16H,1H3,(H,29,32). The summed E-state index contributed by atoms with van der Waals surface area (Å²) in [6, 6.07) is 26.5. The van der Waals surface area contributed by atoms with E-state index in [-0.39, 0.29) is 22.6 Å². The molecule has 1 amide bonds. The third-order valence-electron chi connectivity index (χ3n) is 5.75. The van der Waals surface area contributed by atoms with Gasteiger partial charge in [-0.1, -0.05) is 66.7 Å². The predicted molar refractivity (Wildman–Crippen MR) is 126 cm³/mol. The molecule has 5 heteroatoms. The van der Waals surface area contributed by atoms with E-state index in [1.807, 2.05) is 30.3 Å². The first-order valence-corrected chi connectivity index (χ1v) is 10.4. The molecule has 5 rings (SSSR count). The van der Waals surface area contributed by atoms with Crippen molar-refractivity contribution >= 4 is 33.8 Å². The molecule has 1 N–H and O–H groups in total. The van der Waals surface area contributed by atoms with Gasteiger partial charge in [-0.15, -0.1) is 0 Å². The zero-order valence-electron chi connectivity index (χ0n) is 17.8. The van der Waals surface area contributed by atoms with Crippen LogP contribution in [0.5, 0.6) is 5.75 Å². The number of methoxy groups -OCH3 is 1. The molecule has 0 aromatic heterocycles. The number of carbonyl (C=O) groups excluding carboxylic acids is 3. The first-order valence-electron chi connectivity index (χ1n) is 10.4. The number of allylic oxidation sites excluding steroid dienone is 2. The molecule has 1 aliphatic rings. The van der Waals surface area contributed by atoms with E-state index in [0.29, 0.717) is 22.4 Å². The second-order valence-electron chi connectivity index (χ2n) is 7.70. The summed E-state index contributed by atoms with van der Waals surface area (Å²) in [6.45, 7) is 0. The Morgan fingerprint density at radius 3 is 2.06 bits per heavy atom. The average molecular weight is 433 g/mol. The summed E-state index contributed by atoms with van der Waals surface area (Å²) in [7, 11) is 1.55. The Hall–Kier alpha value is -4.51. The van der Waals surface area contributed by atoms with Crippen LogP contribution in [0.2, 0.25) is 0 Å². The lowest BCUT2D eigenvalue weighted by Gasteiger charge is -2.22. The summed E-state index contributed by atoms with van der Waals surface area (Å²) in [5.41, 5.74) is 1.65. The van der Waals surface area contributed by atoms with Crippen molar-refractivity contribution in [1.82, 2.24) is 5.32 Å². The molecule has 33 heavy (non-hydrogen) atoms. The van der Waals surface area contributed by atoms with E-state index in [0.717, 1.165) is 10.8 Å². The van der Waals surface area contributed by atoms with Crippen LogP contribution in [-0.4, -0.2) is 24.6 Å². The molecular formula is C28H19NO4. The van der Waals surface area contributed by atoms with Crippen LogP contribution >= 0.6 is 0 Å². The van der Waals surface area contributed by atoms with Crippen LogP contribution in [0, 0.1) is 0 Å². The molecule has 0 spiro atoms. The number of carbonyl (C=O) groups is 3. The Bertz CT molecular complexity index is 1470. The number of hydrogen-bond acceptors (Lipinski definition) is 4. The first kappa shape index (κ1) is 20.4. The van der Waals surface area contributed by atoms with Gasteiger partial charge in [-0.2, -0.15) is 0 Å². The number of fused-ring (bicyclic) bond motifs is 2. The highest BCUT2D eigenvalue weighted by Gasteiger charge is 2.34. The lowest BCUT2D eigenvalue weighted by molar-refractivity contribution is 0.0927. The van der Waals surface area contributed by atoms with Crippen LogP contribution in [0.25, 0.3) is 16.3 Å². The number of benzene rings is 4. The normalized spacial score (nSPS) is 13.1. The average Bonchev–Trinajstić information content (AvgIpc) is 2.87. The van der Waals surface area contributed by atoms with Gasteiger partial charge in [0.2, 0.25) is 5.78 Å². The maximum atomic E-state index is 13.4. The summed E-state index contributed by atoms with van der Waals surface area (Å²) < 4.78 is 5.21. The van der Waals surface area contributed by atoms with Gasteiger partial charge in [0.25, 0.3) is 5.91 Å². The molecule has 1 aliphatic carbocycles. The Balaban J connectivity index is 1.61. The van der Waals surface area contributed by atoms with Gasteiger partial charge in [-0.3, -0.25) is 14.4 Å². The monoisotopic (exact) mass is 433 g/mol. The van der Waals surface area contributed by atoms with Crippen LogP contribution in [-0.2, 0) is 0 Å². The Morgan fingerprint density at radius 1 is 0.727 bits per heavy atom. The van der Waals surface area contributed by atoms with E-state index in [9.17, 15) is 14.4 Å². The predicted octanol–water partition coefficient (Wildman–Crippen LogP) is 5.07. The largest absolute Gasteiger partial charge is 0.497 e. The number of nitrogens with one attached hydrogen (secondary N) is 1. The SMILES string of the molecule is COc1ccc(C2=C(NC(=O)c3ccc4ccccc4c3)C(=O)c3ccccc3C2=O)cc1. The van der Waals surface area contributed by atoms with Gasteiger partial charge in [-0.05, 0) is 40.6 Å². The topological polar surface area (TPSA) is 72.5 Å². The second kappa shape index (κ2) is 8.20. The molecule has 0 bridgehead atoms. The van der Waals surface area contributed by atoms with Crippen LogP contribution in [0.3, 0.4) is 0 Å². The van der Waals surface area contributed by atoms with Crippen molar-refractivity contribution in [3.63, 3.8) is 0 Å². The molecule has 0 atom stereocenters. The fourth-order valence-electron chi connectivity index (χ4n) is 4.04. The van der Waals surface area contributed by atoms with Crippen LogP contribution < -0.4 is 10.1 Å². The van der Waals surface area contributed by atoms with Crippen molar-refractivity contribution in [3.8, 4) is 5.75 Å². The third-order valence-corrected chi connectivity index (χ3v) is 5.75. The molecule has 5 nitrogen and oxygen atoms in total. The molecule has 0 aliphatic heterocycles. The van der Waals surface area contributed by atoms with Gasteiger partial charge in [0, 0.05) is 16.7 Å². The minimum Gasteiger partial charge on any atom is -0.497 e. The van der Waals surface area contributed by atoms with Crippen LogP contribution in [0.1, 0.15) is 36.6 Å². The fourth-order valence-corrected chi connectivity index (χ4v) is 4.04. The molecule has 0 heterocycles. The third kappa shape index (κ3) is 3.59. The van der Waals surface area contributed by atoms with Crippen molar-refractivity contribution < 1.29 is 19.1 Å². The smallest absolute Gasteiger partial charge is 0.255 e. The zero-order chi connectivity index (χ0) is 22.9. The summed E-state index contributed by atoms with van der Waals surface area (Å²) in [6.07, 6.45) is 0. The lowest BCUT2D eigenvalue weighted by atomic mass is 9.84. The summed E-state index contributed by atoms with van der Waals surface area (Å²) in [5.74, 6) is -0.548. The highest BCUT2D eigenvalue weighted by Crippen LogP contribution is 2.32. The van der Waals surface area contributed by atoms with Crippen molar-refractivity contribution in [2.24, 2.45) is 0 Å². The van der Waals surface area contributed by atoms with Gasteiger partial charge < -0.3 is 10.1 Å². The number of rotatable bonds is 4. The zero-order valence-corrected chi connectivity index (χ0v) is 17.8. The van der Waals surface area contributed by atoms with Gasteiger partial charge in [0.15, 0.2) is 5.78 Å². The number of ether oxygens (including phenoxy) is 1. The molecule has 4 aromatic rings. The molecule has 160 valence electrons. The fraction of sp³-hybridized carbons (Fsp3) is 0.0357. The number of hydrogen-bond donors (Lipinski definition) is 1. The van der Waals surface area contributed by atoms with Crippen molar-refractivity contribution in [2.45, 2.75) is 0 Å². The molecule has 4 aromatic carbocycles. The van der Waals surface area contributed by atoms with E-state index in [1.54, 1.807) is 67.8 Å². The van der Waals surface area contributed by atoms with E-state index in [4.69, 9.17) is 4.74 Å². The Kier molecular flexibility index (Phi) is 5.07. The van der Waals surface area contributed by atoms with Gasteiger partial charge >= 0.3 is 0 Å². The highest BCUT2D eigenvalue weighted by atomic mass is 16.5. The number of ketones is 2. The van der Waals surface area contributed by atoms with Crippen molar-refractivity contribution in [1.29, 1.82) is 0 Å². The van der Waals surface area contributed by atoms with Gasteiger partial charge in [0.1, 0.15) is 11.4 Å². The molecular weight excluding hydrogens is 414 g/mol. The van der Waals surface area contributed by atoms with E-state index >= 15 is 0 Å². The van der Waals surface area contributed by atoms with Crippen molar-refractivity contribution in [3.05, 3.63) is 119 Å². The van der Waals surface area contributed by atoms with Gasteiger partial charge in [-0.25, -0.2) is 0 Å². The Morgan fingerprint density at radius 2 is 1.36 bits per heavy atom. The van der Waals surface area contributed by atoms with Crippen molar-refractivity contribution in [2.75, 3.05) is 7.11 Å². The number of amides is 1. The molecule has 0 saturated heterocycles. The quantitative estimate of drug-likeness (QED) is 0.488. The summed E-state index contributed by atoms with van der Waals surface area (Å²) >= 11 is 0. The van der Waals surface area contributed by atoms with Crippen LogP contribution in [0.15, 0.2) is 96.7 Å². The number of Topliss-reactive ketones (excluding diaryl/α,β-unsaturated/α-hetero) is 2. The molecule has 0 radical (unpaired) electrons. The summed E-state index contributed by atoms with van der Waals surface area (Å²) in [4.78, 5) is 40.0. The van der Waals surface area contributed by atoms with E-state index in [2.05, 4.69) is 5.32 Å². The molecule has 0 fully saturated rings. The minimum atomic E-state index is -0.456. The first-order chi connectivity index (χ1) is 16.1.